The first-order valence-electron chi connectivity index (χ1n) is 9.68. The first kappa shape index (κ1) is 20.0. The van der Waals surface area contributed by atoms with Gasteiger partial charge < -0.3 is 19.5 Å². The molecule has 0 atom stereocenters. The predicted octanol–water partition coefficient (Wildman–Crippen LogP) is 4.84. The van der Waals surface area contributed by atoms with Crippen LogP contribution in [0.3, 0.4) is 0 Å². The molecular weight excluding hydrogens is 400 g/mol. The lowest BCUT2D eigenvalue weighted by atomic mass is 10.2. The van der Waals surface area contributed by atoms with Gasteiger partial charge in [0, 0.05) is 29.6 Å². The van der Waals surface area contributed by atoms with Crippen molar-refractivity contribution in [1.29, 1.82) is 0 Å². The molecule has 0 fully saturated rings. The third-order valence-corrected chi connectivity index (χ3v) is 5.18. The first-order chi connectivity index (χ1) is 14.7. The fourth-order valence-electron chi connectivity index (χ4n) is 2.94. The van der Waals surface area contributed by atoms with Crippen molar-refractivity contribution in [2.45, 2.75) is 20.0 Å². The first-order valence-corrected chi connectivity index (χ1v) is 10.6. The van der Waals surface area contributed by atoms with Crippen molar-refractivity contribution in [3.63, 3.8) is 0 Å². The number of aromatic nitrogens is 1. The largest absolute Gasteiger partial charge is 0.490 e. The zero-order valence-corrected chi connectivity index (χ0v) is 17.4. The van der Waals surface area contributed by atoms with E-state index in [0.717, 1.165) is 28.4 Å². The molecule has 0 aliphatic carbocycles. The van der Waals surface area contributed by atoms with Crippen LogP contribution in [0.15, 0.2) is 53.9 Å². The van der Waals surface area contributed by atoms with E-state index in [1.54, 1.807) is 29.5 Å². The van der Waals surface area contributed by atoms with Gasteiger partial charge in [-0.3, -0.25) is 4.79 Å². The van der Waals surface area contributed by atoms with E-state index < -0.39 is 0 Å². The second kappa shape index (κ2) is 9.45. The van der Waals surface area contributed by atoms with Gasteiger partial charge in [-0.1, -0.05) is 12.1 Å². The van der Waals surface area contributed by atoms with Crippen LogP contribution in [0, 0.1) is 6.92 Å². The van der Waals surface area contributed by atoms with Crippen molar-refractivity contribution in [3.05, 3.63) is 70.2 Å². The van der Waals surface area contributed by atoms with Crippen LogP contribution in [-0.4, -0.2) is 24.1 Å². The normalized spacial score (nSPS) is 13.1. The van der Waals surface area contributed by atoms with Crippen LogP contribution in [0.4, 0.5) is 5.69 Å². The average Bonchev–Trinajstić information content (AvgIpc) is 3.03. The molecule has 154 valence electrons. The van der Waals surface area contributed by atoms with Crippen molar-refractivity contribution < 1.29 is 19.0 Å². The molecule has 1 aliphatic rings. The number of hydrogen-bond donors (Lipinski definition) is 1. The van der Waals surface area contributed by atoms with E-state index >= 15 is 0 Å². The maximum atomic E-state index is 12.3. The van der Waals surface area contributed by atoms with E-state index in [9.17, 15) is 4.79 Å². The molecule has 1 aliphatic heterocycles. The highest BCUT2D eigenvalue weighted by Crippen LogP contribution is 2.32. The number of carbonyl (C=O) groups excluding carboxylic acids is 1. The number of fused-ring (bicyclic) bond motifs is 1. The summed E-state index contributed by atoms with van der Waals surface area (Å²) in [5.74, 6) is 1.85. The highest BCUT2D eigenvalue weighted by atomic mass is 32.1. The quantitative estimate of drug-likeness (QED) is 0.576. The molecule has 0 saturated heterocycles. The Labute approximate surface area is 179 Å². The van der Waals surface area contributed by atoms with Gasteiger partial charge in [-0.2, -0.15) is 0 Å². The molecule has 3 aromatic rings. The molecule has 1 amide bonds. The Hall–Kier alpha value is -3.32. The summed E-state index contributed by atoms with van der Waals surface area (Å²) in [5.41, 5.74) is 2.44. The molecule has 0 unspecified atom stereocenters. The lowest BCUT2D eigenvalue weighted by Crippen LogP contribution is -2.08. The Balaban J connectivity index is 1.35. The monoisotopic (exact) mass is 422 g/mol. The molecule has 30 heavy (non-hydrogen) atoms. The number of amides is 1. The van der Waals surface area contributed by atoms with E-state index in [1.165, 1.54) is 6.08 Å². The maximum absolute atomic E-state index is 12.3. The maximum Gasteiger partial charge on any atom is 0.248 e. The number of carbonyl (C=O) groups is 1. The molecule has 0 radical (unpaired) electrons. The van der Waals surface area contributed by atoms with Gasteiger partial charge in [-0.05, 0) is 42.8 Å². The highest BCUT2D eigenvalue weighted by Gasteiger charge is 2.11. The Morgan fingerprint density at radius 1 is 1.20 bits per heavy atom. The topological polar surface area (TPSA) is 69.7 Å². The smallest absolute Gasteiger partial charge is 0.248 e. The Morgan fingerprint density at radius 3 is 2.90 bits per heavy atom. The SMILES string of the molecule is Cc1nc(COc2cccc(/C=C/C(=O)Nc3ccc4c(c3)OCCCO4)c2)cs1. The molecule has 4 rings (SSSR count). The van der Waals surface area contributed by atoms with Gasteiger partial charge >= 0.3 is 0 Å². The second-order valence-corrected chi connectivity index (χ2v) is 7.82. The van der Waals surface area contributed by atoms with E-state index in [0.29, 0.717) is 37.0 Å². The van der Waals surface area contributed by atoms with E-state index in [4.69, 9.17) is 14.2 Å². The number of ether oxygens (including phenoxy) is 3. The molecule has 0 bridgehead atoms. The van der Waals surface area contributed by atoms with Crippen LogP contribution >= 0.6 is 11.3 Å². The Bertz CT molecular complexity index is 1060. The summed E-state index contributed by atoms with van der Waals surface area (Å²) in [6.45, 7) is 3.62. The Kier molecular flexibility index (Phi) is 6.29. The fourth-order valence-corrected chi connectivity index (χ4v) is 3.53. The summed E-state index contributed by atoms with van der Waals surface area (Å²) in [4.78, 5) is 16.7. The molecule has 1 N–H and O–H groups in total. The van der Waals surface area contributed by atoms with Gasteiger partial charge in [0.25, 0.3) is 0 Å². The standard InChI is InChI=1S/C23H22N2O4S/c1-16-24-19(15-30-16)14-29-20-5-2-4-17(12-20)6-9-23(26)25-18-7-8-21-22(13-18)28-11-3-10-27-21/h2,4-9,12-13,15H,3,10-11,14H2,1H3,(H,25,26)/b9-6+. The van der Waals surface area contributed by atoms with Gasteiger partial charge in [-0.25, -0.2) is 4.98 Å². The minimum absolute atomic E-state index is 0.228. The molecule has 0 spiro atoms. The van der Waals surface area contributed by atoms with Crippen LogP contribution in [0.2, 0.25) is 0 Å². The van der Waals surface area contributed by atoms with Crippen LogP contribution in [-0.2, 0) is 11.4 Å². The molecule has 0 saturated carbocycles. The summed E-state index contributed by atoms with van der Waals surface area (Å²) >= 11 is 1.60. The van der Waals surface area contributed by atoms with Gasteiger partial charge in [0.05, 0.1) is 23.9 Å². The molecule has 2 aromatic carbocycles. The van der Waals surface area contributed by atoms with E-state index in [-0.39, 0.29) is 5.91 Å². The summed E-state index contributed by atoms with van der Waals surface area (Å²) < 4.78 is 17.1. The number of benzene rings is 2. The van der Waals surface area contributed by atoms with E-state index in [1.807, 2.05) is 42.6 Å². The van der Waals surface area contributed by atoms with Crippen molar-refractivity contribution in [1.82, 2.24) is 4.98 Å². The second-order valence-electron chi connectivity index (χ2n) is 6.75. The van der Waals surface area contributed by atoms with Crippen LogP contribution in [0.5, 0.6) is 17.2 Å². The van der Waals surface area contributed by atoms with Crippen LogP contribution in [0.25, 0.3) is 6.08 Å². The zero-order chi connectivity index (χ0) is 20.8. The van der Waals surface area contributed by atoms with Gasteiger partial charge in [-0.15, -0.1) is 11.3 Å². The van der Waals surface area contributed by atoms with Gasteiger partial charge in [0.2, 0.25) is 5.91 Å². The van der Waals surface area contributed by atoms with E-state index in [2.05, 4.69) is 10.3 Å². The number of rotatable bonds is 6. The minimum atomic E-state index is -0.228. The third kappa shape index (κ3) is 5.39. The Morgan fingerprint density at radius 2 is 2.07 bits per heavy atom. The molecular formula is C23H22N2O4S. The van der Waals surface area contributed by atoms with Crippen molar-refractivity contribution in [2.75, 3.05) is 18.5 Å². The van der Waals surface area contributed by atoms with Crippen LogP contribution in [0.1, 0.15) is 22.7 Å². The predicted molar refractivity (Wildman–Crippen MR) is 117 cm³/mol. The third-order valence-electron chi connectivity index (χ3n) is 4.35. The number of anilines is 1. The average molecular weight is 423 g/mol. The molecule has 7 heteroatoms. The number of thiazole rings is 1. The van der Waals surface area contributed by atoms with Gasteiger partial charge in [0.1, 0.15) is 12.4 Å². The zero-order valence-electron chi connectivity index (χ0n) is 16.6. The summed E-state index contributed by atoms with van der Waals surface area (Å²) in [6.07, 6.45) is 4.08. The van der Waals surface area contributed by atoms with Crippen molar-refractivity contribution >= 4 is 29.0 Å². The minimum Gasteiger partial charge on any atom is -0.490 e. The molecule has 1 aromatic heterocycles. The van der Waals surface area contributed by atoms with Crippen LogP contribution < -0.4 is 19.5 Å². The number of nitrogens with zero attached hydrogens (tertiary/aromatic N) is 1. The van der Waals surface area contributed by atoms with Crippen molar-refractivity contribution in [3.8, 4) is 17.2 Å². The lowest BCUT2D eigenvalue weighted by molar-refractivity contribution is -0.111. The lowest BCUT2D eigenvalue weighted by Gasteiger charge is -2.09. The summed E-state index contributed by atoms with van der Waals surface area (Å²) in [5, 5.41) is 5.85. The van der Waals surface area contributed by atoms with Gasteiger partial charge in [0.15, 0.2) is 11.5 Å². The summed E-state index contributed by atoms with van der Waals surface area (Å²) in [6, 6.07) is 13.0. The number of nitrogens with one attached hydrogen (secondary N) is 1. The fraction of sp³-hybridized carbons (Fsp3) is 0.217. The summed E-state index contributed by atoms with van der Waals surface area (Å²) in [7, 11) is 0. The molecule has 6 nitrogen and oxygen atoms in total. The highest BCUT2D eigenvalue weighted by molar-refractivity contribution is 7.09. The number of hydrogen-bond acceptors (Lipinski definition) is 6. The molecule has 2 heterocycles. The van der Waals surface area contributed by atoms with Crippen molar-refractivity contribution in [2.24, 2.45) is 0 Å². The number of aryl methyl sites for hydroxylation is 1.